The van der Waals surface area contributed by atoms with Crippen molar-refractivity contribution in [2.24, 2.45) is 5.92 Å². The second-order valence-corrected chi connectivity index (χ2v) is 4.18. The number of rotatable bonds is 2. The van der Waals surface area contributed by atoms with Crippen LogP contribution in [-0.4, -0.2) is 6.10 Å². The van der Waals surface area contributed by atoms with Gasteiger partial charge in [0, 0.05) is 5.56 Å². The van der Waals surface area contributed by atoms with Gasteiger partial charge in [-0.25, -0.2) is 0 Å². The molecule has 0 amide bonds. The molecule has 1 aromatic rings. The van der Waals surface area contributed by atoms with Crippen molar-refractivity contribution in [2.45, 2.75) is 26.4 Å². The zero-order valence-corrected chi connectivity index (χ0v) is 8.73. The Morgan fingerprint density at radius 3 is 2.86 bits per heavy atom. The van der Waals surface area contributed by atoms with Crippen molar-refractivity contribution in [1.29, 1.82) is 0 Å². The van der Waals surface area contributed by atoms with Crippen molar-refractivity contribution < 1.29 is 4.74 Å². The zero-order chi connectivity index (χ0) is 9.97. The summed E-state index contributed by atoms with van der Waals surface area (Å²) in [5.74, 6) is 1.69. The molecule has 0 N–H and O–H groups in total. The van der Waals surface area contributed by atoms with E-state index >= 15 is 0 Å². The highest BCUT2D eigenvalue weighted by atomic mass is 16.5. The van der Waals surface area contributed by atoms with E-state index in [-0.39, 0.29) is 6.10 Å². The first kappa shape index (κ1) is 9.32. The largest absolute Gasteiger partial charge is 0.486 e. The van der Waals surface area contributed by atoms with Crippen LogP contribution in [0.2, 0.25) is 0 Å². The Hall–Kier alpha value is -1.24. The average molecular weight is 188 g/mol. The summed E-state index contributed by atoms with van der Waals surface area (Å²) in [6.45, 7) is 4.44. The molecule has 2 rings (SSSR count). The standard InChI is InChI=1S/C13H16O/c1-10(2)9-12-8-7-11-5-3-4-6-13(11)14-12/h3-8,10,12H,9H2,1-2H3. The summed E-state index contributed by atoms with van der Waals surface area (Å²) in [5, 5.41) is 0. The summed E-state index contributed by atoms with van der Waals surface area (Å²) in [6.07, 6.45) is 5.66. The van der Waals surface area contributed by atoms with E-state index in [1.807, 2.05) is 18.2 Å². The lowest BCUT2D eigenvalue weighted by Crippen LogP contribution is -2.18. The van der Waals surface area contributed by atoms with Crippen LogP contribution in [0.5, 0.6) is 5.75 Å². The van der Waals surface area contributed by atoms with Crippen molar-refractivity contribution in [3.63, 3.8) is 0 Å². The summed E-state index contributed by atoms with van der Waals surface area (Å²) in [5.41, 5.74) is 1.19. The molecule has 0 radical (unpaired) electrons. The molecule has 1 unspecified atom stereocenters. The van der Waals surface area contributed by atoms with E-state index in [2.05, 4.69) is 32.1 Å². The molecule has 1 heterocycles. The highest BCUT2D eigenvalue weighted by Gasteiger charge is 2.14. The minimum Gasteiger partial charge on any atom is -0.486 e. The zero-order valence-electron chi connectivity index (χ0n) is 8.73. The summed E-state index contributed by atoms with van der Waals surface area (Å²) >= 11 is 0. The van der Waals surface area contributed by atoms with Crippen LogP contribution in [0.15, 0.2) is 30.3 Å². The van der Waals surface area contributed by atoms with E-state index in [0.29, 0.717) is 5.92 Å². The fourth-order valence-electron chi connectivity index (χ4n) is 1.73. The molecule has 1 aliphatic rings. The van der Waals surface area contributed by atoms with E-state index in [9.17, 15) is 0 Å². The number of para-hydroxylation sites is 1. The van der Waals surface area contributed by atoms with E-state index in [0.717, 1.165) is 12.2 Å². The van der Waals surface area contributed by atoms with Gasteiger partial charge in [-0.3, -0.25) is 0 Å². The van der Waals surface area contributed by atoms with E-state index in [1.165, 1.54) is 5.56 Å². The second-order valence-electron chi connectivity index (χ2n) is 4.18. The molecule has 1 nitrogen and oxygen atoms in total. The van der Waals surface area contributed by atoms with Crippen LogP contribution in [0.1, 0.15) is 25.8 Å². The highest BCUT2D eigenvalue weighted by Crippen LogP contribution is 2.27. The van der Waals surface area contributed by atoms with E-state index in [1.54, 1.807) is 0 Å². The molecule has 1 atom stereocenters. The maximum absolute atomic E-state index is 5.86. The molecule has 0 spiro atoms. The van der Waals surface area contributed by atoms with Gasteiger partial charge in [0.15, 0.2) is 0 Å². The lowest BCUT2D eigenvalue weighted by atomic mass is 10.0. The Kier molecular flexibility index (Phi) is 2.58. The first-order valence-corrected chi connectivity index (χ1v) is 5.19. The molecular weight excluding hydrogens is 172 g/mol. The predicted octanol–water partition coefficient (Wildman–Crippen LogP) is 3.51. The van der Waals surface area contributed by atoms with Crippen LogP contribution in [0.4, 0.5) is 0 Å². The maximum atomic E-state index is 5.86. The van der Waals surface area contributed by atoms with Gasteiger partial charge in [-0.05, 0) is 24.5 Å². The van der Waals surface area contributed by atoms with Crippen LogP contribution in [-0.2, 0) is 0 Å². The molecule has 0 bridgehead atoms. The molecule has 0 saturated heterocycles. The molecule has 1 aromatic carbocycles. The summed E-state index contributed by atoms with van der Waals surface area (Å²) < 4.78 is 5.86. The van der Waals surface area contributed by atoms with Crippen molar-refractivity contribution in [3.8, 4) is 5.75 Å². The van der Waals surface area contributed by atoms with Crippen LogP contribution in [0.25, 0.3) is 6.08 Å². The molecule has 1 aliphatic heterocycles. The summed E-state index contributed by atoms with van der Waals surface area (Å²) in [7, 11) is 0. The first-order chi connectivity index (χ1) is 6.75. The minimum absolute atomic E-state index is 0.255. The Balaban J connectivity index is 2.13. The van der Waals surface area contributed by atoms with Crippen molar-refractivity contribution >= 4 is 6.08 Å². The molecule has 14 heavy (non-hydrogen) atoms. The highest BCUT2D eigenvalue weighted by molar-refractivity contribution is 5.59. The molecule has 0 aromatic heterocycles. The second kappa shape index (κ2) is 3.87. The Morgan fingerprint density at radius 1 is 1.29 bits per heavy atom. The van der Waals surface area contributed by atoms with E-state index in [4.69, 9.17) is 4.74 Å². The molecule has 0 fully saturated rings. The fourth-order valence-corrected chi connectivity index (χ4v) is 1.73. The van der Waals surface area contributed by atoms with Gasteiger partial charge in [-0.1, -0.05) is 38.1 Å². The Bertz CT molecular complexity index is 339. The van der Waals surface area contributed by atoms with Gasteiger partial charge in [0.1, 0.15) is 11.9 Å². The monoisotopic (exact) mass is 188 g/mol. The van der Waals surface area contributed by atoms with Crippen molar-refractivity contribution in [2.75, 3.05) is 0 Å². The van der Waals surface area contributed by atoms with Crippen LogP contribution < -0.4 is 4.74 Å². The molecule has 74 valence electrons. The Morgan fingerprint density at radius 2 is 2.07 bits per heavy atom. The van der Waals surface area contributed by atoms with Crippen molar-refractivity contribution in [3.05, 3.63) is 35.9 Å². The quantitative estimate of drug-likeness (QED) is 0.690. The molecule has 0 saturated carbocycles. The Labute approximate surface area is 85.4 Å². The van der Waals surface area contributed by atoms with E-state index < -0.39 is 0 Å². The van der Waals surface area contributed by atoms with Gasteiger partial charge >= 0.3 is 0 Å². The normalized spacial score (nSPS) is 19.2. The topological polar surface area (TPSA) is 9.23 Å². The average Bonchev–Trinajstić information content (AvgIpc) is 2.17. The molecule has 1 heteroatoms. The SMILES string of the molecule is CC(C)CC1C=Cc2ccccc2O1. The number of benzene rings is 1. The van der Waals surface area contributed by atoms with Crippen LogP contribution in [0, 0.1) is 5.92 Å². The predicted molar refractivity (Wildman–Crippen MR) is 59.3 cm³/mol. The van der Waals surface area contributed by atoms with Crippen molar-refractivity contribution in [1.82, 2.24) is 0 Å². The van der Waals surface area contributed by atoms with Gasteiger partial charge in [0.2, 0.25) is 0 Å². The number of hydrogen-bond donors (Lipinski definition) is 0. The van der Waals surface area contributed by atoms with Crippen LogP contribution >= 0.6 is 0 Å². The molecular formula is C13H16O. The smallest absolute Gasteiger partial charge is 0.127 e. The first-order valence-electron chi connectivity index (χ1n) is 5.19. The van der Waals surface area contributed by atoms with Gasteiger partial charge in [0.25, 0.3) is 0 Å². The fraction of sp³-hybridized carbons (Fsp3) is 0.385. The van der Waals surface area contributed by atoms with Gasteiger partial charge in [-0.2, -0.15) is 0 Å². The van der Waals surface area contributed by atoms with Gasteiger partial charge in [-0.15, -0.1) is 0 Å². The number of ether oxygens (including phenoxy) is 1. The lowest BCUT2D eigenvalue weighted by molar-refractivity contribution is 0.216. The third-order valence-electron chi connectivity index (χ3n) is 2.39. The summed E-state index contributed by atoms with van der Waals surface area (Å²) in [6, 6.07) is 8.17. The third kappa shape index (κ3) is 1.98. The number of hydrogen-bond acceptors (Lipinski definition) is 1. The minimum atomic E-state index is 0.255. The lowest BCUT2D eigenvalue weighted by Gasteiger charge is -2.22. The summed E-state index contributed by atoms with van der Waals surface area (Å²) in [4.78, 5) is 0. The van der Waals surface area contributed by atoms with Gasteiger partial charge in [0.05, 0.1) is 0 Å². The third-order valence-corrected chi connectivity index (χ3v) is 2.39. The molecule has 0 aliphatic carbocycles. The van der Waals surface area contributed by atoms with Gasteiger partial charge < -0.3 is 4.74 Å². The number of fused-ring (bicyclic) bond motifs is 1. The van der Waals surface area contributed by atoms with Crippen LogP contribution in [0.3, 0.4) is 0 Å². The maximum Gasteiger partial charge on any atom is 0.127 e.